The summed E-state index contributed by atoms with van der Waals surface area (Å²) in [5.74, 6) is -1.00. The normalized spacial score (nSPS) is 20.5. The molecule has 0 N–H and O–H groups in total. The first-order valence-corrected chi connectivity index (χ1v) is 11.0. The van der Waals surface area contributed by atoms with Crippen molar-refractivity contribution in [1.29, 1.82) is 0 Å². The standard InChI is InChI=1S/C28H20F2N2O/c29-19-9-5-17(6-10-19)24-15-21(33)16-25(18-7-11-20(30)12-8-18)28(24)22-3-1-13-31-26(22)27-23(28)4-2-14-32-27/h1-14,24-25H,15-16H2/t24-,25-/m1/s1. The number of halogens is 2. The lowest BCUT2D eigenvalue weighted by molar-refractivity contribution is -0.122. The molecule has 33 heavy (non-hydrogen) atoms. The van der Waals surface area contributed by atoms with Gasteiger partial charge in [-0.05, 0) is 58.7 Å². The van der Waals surface area contributed by atoms with E-state index in [0.717, 1.165) is 33.6 Å². The highest BCUT2D eigenvalue weighted by molar-refractivity contribution is 5.87. The molecule has 0 unspecified atom stereocenters. The number of ketones is 1. The van der Waals surface area contributed by atoms with Crippen molar-refractivity contribution < 1.29 is 13.6 Å². The Labute approximate surface area is 190 Å². The monoisotopic (exact) mass is 438 g/mol. The van der Waals surface area contributed by atoms with Gasteiger partial charge in [0.05, 0.1) is 11.4 Å². The molecule has 2 aliphatic rings. The summed E-state index contributed by atoms with van der Waals surface area (Å²) < 4.78 is 27.7. The van der Waals surface area contributed by atoms with Gasteiger partial charge in [0.2, 0.25) is 0 Å². The van der Waals surface area contributed by atoms with Crippen LogP contribution >= 0.6 is 0 Å². The highest BCUT2D eigenvalue weighted by atomic mass is 19.1. The van der Waals surface area contributed by atoms with E-state index >= 15 is 0 Å². The zero-order chi connectivity index (χ0) is 22.6. The number of hydrogen-bond donors (Lipinski definition) is 0. The van der Waals surface area contributed by atoms with E-state index < -0.39 is 5.41 Å². The zero-order valence-electron chi connectivity index (χ0n) is 17.7. The van der Waals surface area contributed by atoms with Crippen LogP contribution in [0.15, 0.2) is 85.2 Å². The molecule has 1 saturated carbocycles. The minimum absolute atomic E-state index is 0.132. The van der Waals surface area contributed by atoms with Gasteiger partial charge in [-0.1, -0.05) is 36.4 Å². The molecule has 2 atom stereocenters. The maximum Gasteiger partial charge on any atom is 0.134 e. The van der Waals surface area contributed by atoms with Crippen molar-refractivity contribution in [2.24, 2.45) is 0 Å². The third kappa shape index (κ3) is 2.88. The third-order valence-corrected chi connectivity index (χ3v) is 7.24. The molecule has 0 radical (unpaired) electrons. The van der Waals surface area contributed by atoms with Crippen molar-refractivity contribution >= 4 is 5.78 Å². The first kappa shape index (κ1) is 19.9. The van der Waals surface area contributed by atoms with Crippen molar-refractivity contribution in [2.45, 2.75) is 30.1 Å². The second-order valence-electron chi connectivity index (χ2n) is 8.82. The van der Waals surface area contributed by atoms with Crippen molar-refractivity contribution in [3.05, 3.63) is 119 Å². The highest BCUT2D eigenvalue weighted by Crippen LogP contribution is 2.64. The molecule has 0 amide bonds. The fourth-order valence-electron chi connectivity index (χ4n) is 6.01. The Kier molecular flexibility index (Phi) is 4.47. The van der Waals surface area contributed by atoms with Crippen LogP contribution in [0.25, 0.3) is 11.4 Å². The van der Waals surface area contributed by atoms with Crippen LogP contribution in [0, 0.1) is 11.6 Å². The Bertz CT molecular complexity index is 1260. The number of hydrogen-bond acceptors (Lipinski definition) is 3. The van der Waals surface area contributed by atoms with E-state index in [2.05, 4.69) is 22.1 Å². The fourth-order valence-corrected chi connectivity index (χ4v) is 6.01. The summed E-state index contributed by atoms with van der Waals surface area (Å²) in [5.41, 5.74) is 4.77. The molecule has 6 rings (SSSR count). The molecule has 162 valence electrons. The number of carbonyl (C=O) groups is 1. The van der Waals surface area contributed by atoms with E-state index in [1.165, 1.54) is 24.3 Å². The number of aromatic nitrogens is 2. The molecular weight excluding hydrogens is 418 g/mol. The van der Waals surface area contributed by atoms with Gasteiger partial charge in [0.25, 0.3) is 0 Å². The van der Waals surface area contributed by atoms with E-state index in [9.17, 15) is 13.6 Å². The first-order chi connectivity index (χ1) is 16.1. The van der Waals surface area contributed by atoms with Crippen LogP contribution in [0.1, 0.15) is 46.9 Å². The molecule has 0 aliphatic heterocycles. The summed E-state index contributed by atoms with van der Waals surface area (Å²) in [6, 6.07) is 20.8. The summed E-state index contributed by atoms with van der Waals surface area (Å²) in [6.07, 6.45) is 4.16. The largest absolute Gasteiger partial charge is 0.300 e. The molecule has 1 spiro atoms. The minimum atomic E-state index is -0.642. The molecule has 4 aromatic rings. The lowest BCUT2D eigenvalue weighted by Crippen LogP contribution is -2.45. The lowest BCUT2D eigenvalue weighted by atomic mass is 9.52. The zero-order valence-corrected chi connectivity index (χ0v) is 17.7. The Hall–Kier alpha value is -3.73. The number of nitrogens with zero attached hydrogens (tertiary/aromatic N) is 2. The molecule has 0 bridgehead atoms. The highest BCUT2D eigenvalue weighted by Gasteiger charge is 2.58. The number of pyridine rings is 2. The van der Waals surface area contributed by atoms with Gasteiger partial charge in [-0.3, -0.25) is 14.8 Å². The Morgan fingerprint density at radius 3 is 1.52 bits per heavy atom. The summed E-state index contributed by atoms with van der Waals surface area (Å²) >= 11 is 0. The molecule has 1 fully saturated rings. The van der Waals surface area contributed by atoms with E-state index in [0.29, 0.717) is 12.8 Å². The smallest absolute Gasteiger partial charge is 0.134 e. The summed E-state index contributed by atoms with van der Waals surface area (Å²) in [6.45, 7) is 0. The lowest BCUT2D eigenvalue weighted by Gasteiger charge is -2.48. The molecule has 2 aliphatic carbocycles. The van der Waals surface area contributed by atoms with E-state index in [4.69, 9.17) is 0 Å². The van der Waals surface area contributed by atoms with Gasteiger partial charge in [-0.15, -0.1) is 0 Å². The van der Waals surface area contributed by atoms with Gasteiger partial charge in [0, 0.05) is 42.5 Å². The predicted octanol–water partition coefficient (Wildman–Crippen LogP) is 5.95. The van der Waals surface area contributed by atoms with E-state index in [-0.39, 0.29) is 29.3 Å². The number of benzene rings is 2. The second-order valence-corrected chi connectivity index (χ2v) is 8.82. The number of Topliss-reactive ketones (excluding diaryl/α,β-unsaturated/α-hetero) is 1. The average molecular weight is 438 g/mol. The molecule has 2 aromatic carbocycles. The van der Waals surface area contributed by atoms with Crippen LogP contribution in [-0.4, -0.2) is 15.8 Å². The topological polar surface area (TPSA) is 42.9 Å². The maximum atomic E-state index is 13.8. The van der Waals surface area contributed by atoms with Gasteiger partial charge < -0.3 is 0 Å². The molecule has 3 nitrogen and oxygen atoms in total. The van der Waals surface area contributed by atoms with Crippen LogP contribution in [0.2, 0.25) is 0 Å². The van der Waals surface area contributed by atoms with Crippen LogP contribution in [0.5, 0.6) is 0 Å². The summed E-state index contributed by atoms with van der Waals surface area (Å²) in [7, 11) is 0. The minimum Gasteiger partial charge on any atom is -0.300 e. The molecule has 0 saturated heterocycles. The van der Waals surface area contributed by atoms with Crippen molar-refractivity contribution in [2.75, 3.05) is 0 Å². The second kappa shape index (κ2) is 7.41. The van der Waals surface area contributed by atoms with Gasteiger partial charge in [0.15, 0.2) is 0 Å². The Morgan fingerprint density at radius 1 is 0.667 bits per heavy atom. The van der Waals surface area contributed by atoms with Crippen LogP contribution < -0.4 is 0 Å². The molecular formula is C28H20F2N2O. The SMILES string of the molecule is O=C1C[C@H](c2ccc(F)cc2)C2(c3cccnc3-c3ncccc32)[C@@H](c2ccc(F)cc2)C1. The molecule has 2 aromatic heterocycles. The Morgan fingerprint density at radius 2 is 1.09 bits per heavy atom. The van der Waals surface area contributed by atoms with E-state index in [1.807, 2.05) is 12.1 Å². The maximum absolute atomic E-state index is 13.8. The molecule has 2 heterocycles. The van der Waals surface area contributed by atoms with Gasteiger partial charge in [0.1, 0.15) is 17.4 Å². The van der Waals surface area contributed by atoms with Crippen LogP contribution in [0.4, 0.5) is 8.78 Å². The average Bonchev–Trinajstić information content (AvgIpc) is 3.13. The van der Waals surface area contributed by atoms with Crippen molar-refractivity contribution in [3.63, 3.8) is 0 Å². The van der Waals surface area contributed by atoms with Crippen LogP contribution in [-0.2, 0) is 10.2 Å². The van der Waals surface area contributed by atoms with Crippen molar-refractivity contribution in [1.82, 2.24) is 9.97 Å². The van der Waals surface area contributed by atoms with E-state index in [1.54, 1.807) is 36.7 Å². The molecule has 5 heteroatoms. The van der Waals surface area contributed by atoms with Gasteiger partial charge in [-0.25, -0.2) is 8.78 Å². The van der Waals surface area contributed by atoms with Gasteiger partial charge in [-0.2, -0.15) is 0 Å². The Balaban J connectivity index is 1.70. The number of fused-ring (bicyclic) bond motifs is 5. The third-order valence-electron chi connectivity index (χ3n) is 7.24. The summed E-state index contributed by atoms with van der Waals surface area (Å²) in [5, 5.41) is 0. The number of carbonyl (C=O) groups excluding carboxylic acids is 1. The predicted molar refractivity (Wildman–Crippen MR) is 121 cm³/mol. The number of rotatable bonds is 2. The fraction of sp³-hybridized carbons (Fsp3) is 0.179. The summed E-state index contributed by atoms with van der Waals surface area (Å²) in [4.78, 5) is 22.5. The first-order valence-electron chi connectivity index (χ1n) is 11.0. The van der Waals surface area contributed by atoms with Crippen LogP contribution in [0.3, 0.4) is 0 Å². The quantitative estimate of drug-likeness (QED) is 0.388. The van der Waals surface area contributed by atoms with Crippen molar-refractivity contribution in [3.8, 4) is 11.4 Å². The van der Waals surface area contributed by atoms with Gasteiger partial charge >= 0.3 is 0 Å².